The second kappa shape index (κ2) is 11.0. The van der Waals surface area contributed by atoms with Crippen LogP contribution in [0.4, 0.5) is 11.4 Å². The van der Waals surface area contributed by atoms with Crippen LogP contribution in [0.15, 0.2) is 45.3 Å². The van der Waals surface area contributed by atoms with Crippen LogP contribution in [0.25, 0.3) is 0 Å². The van der Waals surface area contributed by atoms with Crippen LogP contribution >= 0.6 is 31.9 Å². The first-order valence-electron chi connectivity index (χ1n) is 9.82. The normalized spacial score (nSPS) is 14.1. The van der Waals surface area contributed by atoms with Crippen molar-refractivity contribution < 1.29 is 4.79 Å². The summed E-state index contributed by atoms with van der Waals surface area (Å²) in [5.41, 5.74) is 4.57. The third-order valence-electron chi connectivity index (χ3n) is 5.42. The first-order valence-corrected chi connectivity index (χ1v) is 11.4. The fourth-order valence-electron chi connectivity index (χ4n) is 3.58. The van der Waals surface area contributed by atoms with Gasteiger partial charge < -0.3 is 10.2 Å². The predicted molar refractivity (Wildman–Crippen MR) is 127 cm³/mol. The van der Waals surface area contributed by atoms with Gasteiger partial charge in [-0.05, 0) is 62.1 Å². The van der Waals surface area contributed by atoms with Gasteiger partial charge in [0.25, 0.3) is 0 Å². The Morgan fingerprint density at radius 2 is 1.54 bits per heavy atom. The van der Waals surface area contributed by atoms with Crippen LogP contribution in [0, 0.1) is 19.8 Å². The Kier molecular flexibility index (Phi) is 9.03. The Morgan fingerprint density at radius 1 is 0.964 bits per heavy atom. The second-order valence-corrected chi connectivity index (χ2v) is 8.99. The van der Waals surface area contributed by atoms with Crippen LogP contribution in [0.2, 0.25) is 0 Å². The van der Waals surface area contributed by atoms with Crippen molar-refractivity contribution in [3.63, 3.8) is 0 Å². The van der Waals surface area contributed by atoms with Gasteiger partial charge in [0, 0.05) is 40.3 Å². The van der Waals surface area contributed by atoms with Gasteiger partial charge in [-0.1, -0.05) is 63.3 Å². The third-order valence-corrected chi connectivity index (χ3v) is 7.14. The molecule has 2 aromatic carbocycles. The minimum atomic E-state index is 0.224. The number of amides is 1. The van der Waals surface area contributed by atoms with Gasteiger partial charge >= 0.3 is 0 Å². The van der Waals surface area contributed by atoms with Crippen molar-refractivity contribution in [1.82, 2.24) is 0 Å². The zero-order valence-electron chi connectivity index (χ0n) is 17.2. The number of carbonyl (C=O) groups is 1. The number of nitrogens with zero attached hydrogens (tertiary/aromatic N) is 1. The zero-order valence-corrected chi connectivity index (χ0v) is 20.4. The lowest BCUT2D eigenvalue weighted by Crippen LogP contribution is -2.34. The number of hydrogen-bond acceptors (Lipinski definition) is 2. The third kappa shape index (κ3) is 5.84. The number of anilines is 2. The van der Waals surface area contributed by atoms with E-state index >= 15 is 0 Å². The molecule has 0 saturated heterocycles. The van der Waals surface area contributed by atoms with E-state index in [1.54, 1.807) is 0 Å². The summed E-state index contributed by atoms with van der Waals surface area (Å²) in [5.74, 6) is 0.498. The summed E-state index contributed by atoms with van der Waals surface area (Å²) in [5, 5.41) is 3.11. The van der Waals surface area contributed by atoms with E-state index in [4.69, 9.17) is 0 Å². The summed E-state index contributed by atoms with van der Waals surface area (Å²) in [6.45, 7) is 4.12. The maximum atomic E-state index is 12.5. The highest BCUT2D eigenvalue weighted by atomic mass is 79.9. The van der Waals surface area contributed by atoms with Crippen LogP contribution < -0.4 is 10.2 Å². The summed E-state index contributed by atoms with van der Waals surface area (Å²) in [6, 6.07) is 12.1. The zero-order chi connectivity index (χ0) is 20.7. The number of benzene rings is 2. The van der Waals surface area contributed by atoms with Crippen LogP contribution in [0.3, 0.4) is 0 Å². The molecule has 1 N–H and O–H groups in total. The van der Waals surface area contributed by atoms with Crippen LogP contribution in [0.1, 0.15) is 43.2 Å². The maximum Gasteiger partial charge on any atom is 0.229 e. The Morgan fingerprint density at radius 3 is 2.11 bits per heavy atom. The quantitative estimate of drug-likeness (QED) is 0.478. The van der Waals surface area contributed by atoms with Gasteiger partial charge in [0.1, 0.15) is 0 Å². The number of hydrogen-bond donors (Lipinski definition) is 1. The molecule has 1 saturated carbocycles. The molecule has 152 valence electrons. The molecule has 2 aromatic rings. The van der Waals surface area contributed by atoms with E-state index in [0.29, 0.717) is 0 Å². The SMILES string of the molecule is CNc1cccc(Br)c1C.Cc1c(Br)cccc1N(C)C(=O)C1CCCCC1. The largest absolute Gasteiger partial charge is 0.388 e. The van der Waals surface area contributed by atoms with Crippen LogP contribution in [0.5, 0.6) is 0 Å². The summed E-state index contributed by atoms with van der Waals surface area (Å²) >= 11 is 6.97. The van der Waals surface area contributed by atoms with Crippen molar-refractivity contribution in [2.24, 2.45) is 5.92 Å². The monoisotopic (exact) mass is 508 g/mol. The summed E-state index contributed by atoms with van der Waals surface area (Å²) in [7, 11) is 3.82. The number of rotatable bonds is 3. The fourth-order valence-corrected chi connectivity index (χ4v) is 4.30. The molecule has 3 nitrogen and oxygen atoms in total. The highest BCUT2D eigenvalue weighted by molar-refractivity contribution is 9.10. The number of nitrogens with one attached hydrogen (secondary N) is 1. The topological polar surface area (TPSA) is 32.3 Å². The molecule has 1 fully saturated rings. The van der Waals surface area contributed by atoms with Crippen molar-refractivity contribution in [3.8, 4) is 0 Å². The Bertz CT molecular complexity index is 801. The lowest BCUT2D eigenvalue weighted by molar-refractivity contribution is -0.123. The van der Waals surface area contributed by atoms with E-state index in [2.05, 4.69) is 50.2 Å². The van der Waals surface area contributed by atoms with E-state index in [-0.39, 0.29) is 11.8 Å². The average molecular weight is 510 g/mol. The molecule has 1 aliphatic carbocycles. The van der Waals surface area contributed by atoms with Gasteiger partial charge in [0.05, 0.1) is 0 Å². The highest BCUT2D eigenvalue weighted by Crippen LogP contribution is 2.30. The molecular weight excluding hydrogens is 480 g/mol. The predicted octanol–water partition coefficient (Wildman–Crippen LogP) is 7.10. The van der Waals surface area contributed by atoms with Gasteiger partial charge in [-0.25, -0.2) is 0 Å². The highest BCUT2D eigenvalue weighted by Gasteiger charge is 2.25. The maximum absolute atomic E-state index is 12.5. The second-order valence-electron chi connectivity index (χ2n) is 7.28. The van der Waals surface area contributed by atoms with Gasteiger partial charge in [0.15, 0.2) is 0 Å². The van der Waals surface area contributed by atoms with Crippen LogP contribution in [-0.4, -0.2) is 20.0 Å². The molecule has 3 rings (SSSR count). The first kappa shape index (κ1) is 23.0. The molecule has 0 heterocycles. The van der Waals surface area contributed by atoms with E-state index in [1.807, 2.05) is 56.3 Å². The lowest BCUT2D eigenvalue weighted by atomic mass is 9.88. The van der Waals surface area contributed by atoms with Crippen molar-refractivity contribution in [2.75, 3.05) is 24.3 Å². The number of halogens is 2. The Labute approximate surface area is 186 Å². The minimum absolute atomic E-state index is 0.224. The summed E-state index contributed by atoms with van der Waals surface area (Å²) in [4.78, 5) is 14.3. The van der Waals surface area contributed by atoms with E-state index in [0.717, 1.165) is 33.0 Å². The molecule has 0 aliphatic heterocycles. The smallest absolute Gasteiger partial charge is 0.229 e. The molecule has 0 radical (unpaired) electrons. The molecular formula is C23H30Br2N2O. The lowest BCUT2D eigenvalue weighted by Gasteiger charge is -2.27. The van der Waals surface area contributed by atoms with E-state index < -0.39 is 0 Å². The summed E-state index contributed by atoms with van der Waals surface area (Å²) < 4.78 is 2.21. The van der Waals surface area contributed by atoms with Crippen LogP contribution in [-0.2, 0) is 4.79 Å². The molecule has 0 atom stereocenters. The standard InChI is InChI=1S/C15H20BrNO.C8H10BrN/c1-11-13(16)9-6-10-14(11)17(2)15(18)12-7-4-3-5-8-12;1-6-7(9)4-3-5-8(6)10-2/h6,9-10,12H,3-5,7-8H2,1-2H3;3-5,10H,1-2H3. The molecule has 28 heavy (non-hydrogen) atoms. The van der Waals surface area contributed by atoms with E-state index in [1.165, 1.54) is 30.5 Å². The molecule has 0 unspecified atom stereocenters. The van der Waals surface area contributed by atoms with Crippen molar-refractivity contribution in [3.05, 3.63) is 56.5 Å². The van der Waals surface area contributed by atoms with E-state index in [9.17, 15) is 4.79 Å². The average Bonchev–Trinajstić information content (AvgIpc) is 2.72. The Balaban J connectivity index is 0.000000237. The van der Waals surface area contributed by atoms with Gasteiger partial charge in [-0.2, -0.15) is 0 Å². The van der Waals surface area contributed by atoms with Gasteiger partial charge in [-0.15, -0.1) is 0 Å². The molecule has 0 bridgehead atoms. The fraction of sp³-hybridized carbons (Fsp3) is 0.435. The first-order chi connectivity index (χ1) is 13.4. The minimum Gasteiger partial charge on any atom is -0.388 e. The molecule has 1 aliphatic rings. The van der Waals surface area contributed by atoms with Crippen molar-refractivity contribution in [1.29, 1.82) is 0 Å². The van der Waals surface area contributed by atoms with Gasteiger partial charge in [-0.3, -0.25) is 4.79 Å². The van der Waals surface area contributed by atoms with Crippen molar-refractivity contribution in [2.45, 2.75) is 46.0 Å². The van der Waals surface area contributed by atoms with Crippen molar-refractivity contribution >= 4 is 49.1 Å². The number of carbonyl (C=O) groups excluding carboxylic acids is 1. The van der Waals surface area contributed by atoms with Gasteiger partial charge in [0.2, 0.25) is 5.91 Å². The summed E-state index contributed by atoms with van der Waals surface area (Å²) in [6.07, 6.45) is 5.78. The Hall–Kier alpha value is -1.33. The molecule has 0 spiro atoms. The molecule has 0 aromatic heterocycles. The molecule has 5 heteroatoms. The molecule has 1 amide bonds.